The van der Waals surface area contributed by atoms with Crippen LogP contribution in [0.2, 0.25) is 0 Å². The quantitative estimate of drug-likeness (QED) is 0.853. The topological polar surface area (TPSA) is 38.1 Å². The SMILES string of the molecule is CC(N[C@@H](C)c1ccco1)c1ccccn1. The first kappa shape index (κ1) is 10.9. The molecule has 16 heavy (non-hydrogen) atoms. The predicted molar refractivity (Wildman–Crippen MR) is 62.9 cm³/mol. The lowest BCUT2D eigenvalue weighted by Crippen LogP contribution is -2.22. The van der Waals surface area contributed by atoms with Crippen molar-refractivity contribution in [3.8, 4) is 0 Å². The number of furan rings is 1. The largest absolute Gasteiger partial charge is 0.468 e. The van der Waals surface area contributed by atoms with Gasteiger partial charge in [-0.15, -0.1) is 0 Å². The Kier molecular flexibility index (Phi) is 3.37. The van der Waals surface area contributed by atoms with Gasteiger partial charge in [0.25, 0.3) is 0 Å². The molecule has 2 aromatic rings. The maximum atomic E-state index is 5.35. The van der Waals surface area contributed by atoms with Gasteiger partial charge in [0.1, 0.15) is 5.76 Å². The summed E-state index contributed by atoms with van der Waals surface area (Å²) in [5.74, 6) is 0.947. The number of rotatable bonds is 4. The predicted octanol–water partition coefficient (Wildman–Crippen LogP) is 3.09. The summed E-state index contributed by atoms with van der Waals surface area (Å²) in [7, 11) is 0. The summed E-state index contributed by atoms with van der Waals surface area (Å²) in [5, 5.41) is 3.44. The van der Waals surface area contributed by atoms with Gasteiger partial charge >= 0.3 is 0 Å². The summed E-state index contributed by atoms with van der Waals surface area (Å²) in [6.45, 7) is 4.18. The molecule has 0 saturated heterocycles. The maximum Gasteiger partial charge on any atom is 0.120 e. The van der Waals surface area contributed by atoms with Crippen LogP contribution in [0.25, 0.3) is 0 Å². The minimum absolute atomic E-state index is 0.187. The number of aromatic nitrogens is 1. The van der Waals surface area contributed by atoms with Crippen molar-refractivity contribution in [1.82, 2.24) is 10.3 Å². The fourth-order valence-corrected chi connectivity index (χ4v) is 1.71. The molecule has 84 valence electrons. The van der Waals surface area contributed by atoms with Crippen LogP contribution in [0.5, 0.6) is 0 Å². The zero-order chi connectivity index (χ0) is 11.4. The molecule has 0 fully saturated rings. The highest BCUT2D eigenvalue weighted by atomic mass is 16.3. The molecular weight excluding hydrogens is 200 g/mol. The van der Waals surface area contributed by atoms with Gasteiger partial charge in [-0.3, -0.25) is 10.3 Å². The molecule has 0 spiro atoms. The average molecular weight is 216 g/mol. The number of hydrogen-bond donors (Lipinski definition) is 1. The molecule has 0 radical (unpaired) electrons. The third-order valence-corrected chi connectivity index (χ3v) is 2.60. The Morgan fingerprint density at radius 2 is 2.00 bits per heavy atom. The van der Waals surface area contributed by atoms with Crippen molar-refractivity contribution in [3.63, 3.8) is 0 Å². The van der Waals surface area contributed by atoms with E-state index in [-0.39, 0.29) is 12.1 Å². The van der Waals surface area contributed by atoms with Crippen LogP contribution < -0.4 is 5.32 Å². The van der Waals surface area contributed by atoms with E-state index in [2.05, 4.69) is 24.1 Å². The van der Waals surface area contributed by atoms with Gasteiger partial charge in [0.15, 0.2) is 0 Å². The van der Waals surface area contributed by atoms with Crippen molar-refractivity contribution < 1.29 is 4.42 Å². The summed E-state index contributed by atoms with van der Waals surface area (Å²) in [6, 6.07) is 10.2. The minimum atomic E-state index is 0.187. The summed E-state index contributed by atoms with van der Waals surface area (Å²) < 4.78 is 5.35. The molecule has 0 aliphatic rings. The van der Waals surface area contributed by atoms with E-state index in [1.54, 1.807) is 6.26 Å². The molecule has 2 aromatic heterocycles. The molecule has 2 rings (SSSR count). The van der Waals surface area contributed by atoms with E-state index < -0.39 is 0 Å². The van der Waals surface area contributed by atoms with Crippen LogP contribution >= 0.6 is 0 Å². The number of nitrogens with one attached hydrogen (secondary N) is 1. The molecule has 0 aliphatic heterocycles. The molecule has 2 atom stereocenters. The van der Waals surface area contributed by atoms with Crippen LogP contribution in [-0.2, 0) is 0 Å². The van der Waals surface area contributed by atoms with Crippen LogP contribution in [0.1, 0.15) is 37.4 Å². The van der Waals surface area contributed by atoms with Gasteiger partial charge in [-0.2, -0.15) is 0 Å². The van der Waals surface area contributed by atoms with Crippen molar-refractivity contribution in [2.45, 2.75) is 25.9 Å². The van der Waals surface area contributed by atoms with Crippen molar-refractivity contribution in [1.29, 1.82) is 0 Å². The Morgan fingerprint density at radius 1 is 1.12 bits per heavy atom. The van der Waals surface area contributed by atoms with Gasteiger partial charge < -0.3 is 4.42 Å². The minimum Gasteiger partial charge on any atom is -0.468 e. The Hall–Kier alpha value is -1.61. The zero-order valence-corrected chi connectivity index (χ0v) is 9.55. The summed E-state index contributed by atoms with van der Waals surface area (Å²) in [5.41, 5.74) is 1.04. The van der Waals surface area contributed by atoms with Gasteiger partial charge in [0, 0.05) is 12.2 Å². The normalized spacial score (nSPS) is 14.6. The Bertz CT molecular complexity index is 411. The first-order chi connectivity index (χ1) is 7.77. The van der Waals surface area contributed by atoms with Crippen LogP contribution in [0, 0.1) is 0 Å². The lowest BCUT2D eigenvalue weighted by Gasteiger charge is -2.17. The molecule has 0 aliphatic carbocycles. The third-order valence-electron chi connectivity index (χ3n) is 2.60. The number of hydrogen-bond acceptors (Lipinski definition) is 3. The van der Waals surface area contributed by atoms with Crippen molar-refractivity contribution in [2.24, 2.45) is 0 Å². The molecule has 0 aromatic carbocycles. The molecular formula is C13H16N2O. The monoisotopic (exact) mass is 216 g/mol. The smallest absolute Gasteiger partial charge is 0.120 e. The molecule has 2 heterocycles. The first-order valence-electron chi connectivity index (χ1n) is 5.48. The standard InChI is InChI=1S/C13H16N2O/c1-10(12-6-3-4-8-14-12)15-11(2)13-7-5-9-16-13/h3-11,15H,1-2H3/t10?,11-/m0/s1. The number of nitrogens with zero attached hydrogens (tertiary/aromatic N) is 1. The van der Waals surface area contributed by atoms with Crippen LogP contribution in [-0.4, -0.2) is 4.98 Å². The second-order valence-electron chi connectivity index (χ2n) is 3.88. The lowest BCUT2D eigenvalue weighted by atomic mass is 10.1. The average Bonchev–Trinajstić information content (AvgIpc) is 2.83. The first-order valence-corrected chi connectivity index (χ1v) is 5.48. The number of pyridine rings is 1. The van der Waals surface area contributed by atoms with E-state index in [1.165, 1.54) is 0 Å². The van der Waals surface area contributed by atoms with Crippen molar-refractivity contribution in [3.05, 3.63) is 54.2 Å². The molecule has 3 nitrogen and oxygen atoms in total. The summed E-state index contributed by atoms with van der Waals surface area (Å²) in [4.78, 5) is 4.32. The molecule has 0 amide bonds. The van der Waals surface area contributed by atoms with Gasteiger partial charge in [0.05, 0.1) is 18.0 Å². The van der Waals surface area contributed by atoms with E-state index in [0.29, 0.717) is 0 Å². The third kappa shape index (κ3) is 2.49. The van der Waals surface area contributed by atoms with Crippen LogP contribution in [0.15, 0.2) is 47.2 Å². The van der Waals surface area contributed by atoms with E-state index >= 15 is 0 Å². The van der Waals surface area contributed by atoms with E-state index in [0.717, 1.165) is 11.5 Å². The Morgan fingerprint density at radius 3 is 2.62 bits per heavy atom. The Labute approximate surface area is 95.5 Å². The highest BCUT2D eigenvalue weighted by molar-refractivity contribution is 5.10. The van der Waals surface area contributed by atoms with Crippen LogP contribution in [0.3, 0.4) is 0 Å². The van der Waals surface area contributed by atoms with Gasteiger partial charge in [-0.25, -0.2) is 0 Å². The lowest BCUT2D eigenvalue weighted by molar-refractivity contribution is 0.400. The molecule has 1 N–H and O–H groups in total. The fourth-order valence-electron chi connectivity index (χ4n) is 1.71. The molecule has 1 unspecified atom stereocenters. The van der Waals surface area contributed by atoms with Crippen molar-refractivity contribution in [2.75, 3.05) is 0 Å². The van der Waals surface area contributed by atoms with E-state index in [1.807, 2.05) is 36.5 Å². The summed E-state index contributed by atoms with van der Waals surface area (Å²) >= 11 is 0. The highest BCUT2D eigenvalue weighted by Crippen LogP contribution is 2.17. The zero-order valence-electron chi connectivity index (χ0n) is 9.55. The fraction of sp³-hybridized carbons (Fsp3) is 0.308. The second-order valence-corrected chi connectivity index (χ2v) is 3.88. The molecule has 3 heteroatoms. The van der Waals surface area contributed by atoms with Gasteiger partial charge in [-0.05, 0) is 38.1 Å². The molecule has 0 bridgehead atoms. The Balaban J connectivity index is 2.00. The van der Waals surface area contributed by atoms with Crippen LogP contribution in [0.4, 0.5) is 0 Å². The van der Waals surface area contributed by atoms with E-state index in [4.69, 9.17) is 4.42 Å². The van der Waals surface area contributed by atoms with Gasteiger partial charge in [0.2, 0.25) is 0 Å². The van der Waals surface area contributed by atoms with E-state index in [9.17, 15) is 0 Å². The molecule has 0 saturated carbocycles. The maximum absolute atomic E-state index is 5.35. The summed E-state index contributed by atoms with van der Waals surface area (Å²) in [6.07, 6.45) is 3.50. The second kappa shape index (κ2) is 4.94. The highest BCUT2D eigenvalue weighted by Gasteiger charge is 2.13. The van der Waals surface area contributed by atoms with Crippen molar-refractivity contribution >= 4 is 0 Å². The van der Waals surface area contributed by atoms with Gasteiger partial charge in [-0.1, -0.05) is 6.07 Å².